The summed E-state index contributed by atoms with van der Waals surface area (Å²) < 4.78 is 37.8. The molecule has 0 saturated heterocycles. The molecule has 1 unspecified atom stereocenters. The zero-order chi connectivity index (χ0) is 14.6. The van der Waals surface area contributed by atoms with Gasteiger partial charge in [0.1, 0.15) is 0 Å². The Morgan fingerprint density at radius 2 is 2.11 bits per heavy atom. The Labute approximate surface area is 113 Å². The molecule has 0 aliphatic rings. The summed E-state index contributed by atoms with van der Waals surface area (Å²) in [6.07, 6.45) is -4.94. The maximum atomic E-state index is 12.6. The van der Waals surface area contributed by atoms with Crippen LogP contribution >= 0.6 is 11.6 Å². The number of rotatable bonds is 4. The third kappa shape index (κ3) is 5.08. The summed E-state index contributed by atoms with van der Waals surface area (Å²) in [5.41, 5.74) is -0.977. The molecule has 0 spiro atoms. The van der Waals surface area contributed by atoms with Gasteiger partial charge in [0.05, 0.1) is 16.7 Å². The van der Waals surface area contributed by atoms with Gasteiger partial charge in [0.15, 0.2) is 0 Å². The average Bonchev–Trinajstić information content (AvgIpc) is 2.27. The monoisotopic (exact) mass is 295 g/mol. The lowest BCUT2D eigenvalue weighted by Crippen LogP contribution is -2.15. The summed E-state index contributed by atoms with van der Waals surface area (Å²) in [7, 11) is 0. The molecule has 1 aromatic carbocycles. The molecule has 0 fully saturated rings. The Morgan fingerprint density at radius 1 is 1.47 bits per heavy atom. The highest BCUT2D eigenvalue weighted by molar-refractivity contribution is 6.31. The van der Waals surface area contributed by atoms with Gasteiger partial charge < -0.3 is 10.4 Å². The van der Waals surface area contributed by atoms with Gasteiger partial charge in [0.2, 0.25) is 5.91 Å². The Kier molecular flexibility index (Phi) is 5.20. The lowest BCUT2D eigenvalue weighted by atomic mass is 10.1. The molecular formula is C12H13ClF3NO2. The van der Waals surface area contributed by atoms with Crippen LogP contribution in [-0.2, 0) is 11.0 Å². The molecule has 0 saturated carbocycles. The molecule has 0 aromatic heterocycles. The quantitative estimate of drug-likeness (QED) is 0.894. The van der Waals surface area contributed by atoms with E-state index in [0.717, 1.165) is 12.1 Å². The maximum Gasteiger partial charge on any atom is 0.417 e. The predicted octanol–water partition coefficient (Wildman–Crippen LogP) is 3.46. The number of halogens is 4. The number of carbonyl (C=O) groups is 1. The van der Waals surface area contributed by atoms with Crippen molar-refractivity contribution in [2.45, 2.75) is 32.0 Å². The number of anilines is 1. The second-order valence-electron chi connectivity index (χ2n) is 4.13. The lowest BCUT2D eigenvalue weighted by Gasteiger charge is -2.12. The van der Waals surface area contributed by atoms with Gasteiger partial charge in [-0.15, -0.1) is 0 Å². The Balaban J connectivity index is 2.78. The molecule has 106 valence electrons. The molecule has 2 N–H and O–H groups in total. The van der Waals surface area contributed by atoms with Crippen LogP contribution in [0.4, 0.5) is 18.9 Å². The first kappa shape index (κ1) is 15.8. The Morgan fingerprint density at radius 3 is 2.63 bits per heavy atom. The molecular weight excluding hydrogens is 283 g/mol. The first-order chi connectivity index (χ1) is 8.70. The molecule has 7 heteroatoms. The number of hydrogen-bond acceptors (Lipinski definition) is 2. The zero-order valence-electron chi connectivity index (χ0n) is 10.1. The highest BCUT2D eigenvalue weighted by atomic mass is 35.5. The third-order valence-electron chi connectivity index (χ3n) is 2.34. The highest BCUT2D eigenvalue weighted by Gasteiger charge is 2.33. The van der Waals surface area contributed by atoms with Crippen LogP contribution in [0, 0.1) is 0 Å². The number of amides is 1. The second-order valence-corrected chi connectivity index (χ2v) is 4.54. The van der Waals surface area contributed by atoms with Crippen molar-refractivity contribution in [3.63, 3.8) is 0 Å². The largest absolute Gasteiger partial charge is 0.417 e. The van der Waals surface area contributed by atoms with Gasteiger partial charge >= 0.3 is 6.18 Å². The van der Waals surface area contributed by atoms with Gasteiger partial charge in [0.25, 0.3) is 0 Å². The first-order valence-corrected chi connectivity index (χ1v) is 5.92. The molecule has 1 atom stereocenters. The van der Waals surface area contributed by atoms with Crippen LogP contribution in [0.2, 0.25) is 5.02 Å². The van der Waals surface area contributed by atoms with E-state index in [1.54, 1.807) is 0 Å². The third-order valence-corrected chi connectivity index (χ3v) is 2.67. The topological polar surface area (TPSA) is 49.3 Å². The van der Waals surface area contributed by atoms with E-state index in [4.69, 9.17) is 16.7 Å². The zero-order valence-corrected chi connectivity index (χ0v) is 10.8. The van der Waals surface area contributed by atoms with E-state index in [1.165, 1.54) is 13.0 Å². The van der Waals surface area contributed by atoms with Crippen LogP contribution in [0.25, 0.3) is 0 Å². The summed E-state index contributed by atoms with van der Waals surface area (Å²) in [5, 5.41) is 10.9. The Bertz CT molecular complexity index is 461. The molecule has 0 bridgehead atoms. The number of alkyl halides is 3. The number of aliphatic hydroxyl groups is 1. The van der Waals surface area contributed by atoms with Gasteiger partial charge in [0, 0.05) is 12.1 Å². The van der Waals surface area contributed by atoms with Gasteiger partial charge in [-0.25, -0.2) is 0 Å². The number of aliphatic hydroxyl groups excluding tert-OH is 1. The van der Waals surface area contributed by atoms with Crippen LogP contribution in [0.5, 0.6) is 0 Å². The molecule has 0 radical (unpaired) electrons. The highest BCUT2D eigenvalue weighted by Crippen LogP contribution is 2.36. The van der Waals surface area contributed by atoms with Crippen LogP contribution in [0.1, 0.15) is 25.3 Å². The van der Waals surface area contributed by atoms with E-state index in [1.807, 2.05) is 0 Å². The van der Waals surface area contributed by atoms with Crippen molar-refractivity contribution in [2.24, 2.45) is 0 Å². The van der Waals surface area contributed by atoms with Crippen molar-refractivity contribution in [3.8, 4) is 0 Å². The number of benzene rings is 1. The fraction of sp³-hybridized carbons (Fsp3) is 0.417. The van der Waals surface area contributed by atoms with Crippen molar-refractivity contribution < 1.29 is 23.1 Å². The fourth-order valence-electron chi connectivity index (χ4n) is 1.38. The van der Waals surface area contributed by atoms with Crippen LogP contribution in [0.15, 0.2) is 18.2 Å². The van der Waals surface area contributed by atoms with E-state index < -0.39 is 28.8 Å². The van der Waals surface area contributed by atoms with Crippen molar-refractivity contribution in [1.82, 2.24) is 0 Å². The van der Waals surface area contributed by atoms with Crippen molar-refractivity contribution in [2.75, 3.05) is 5.32 Å². The van der Waals surface area contributed by atoms with Gasteiger partial charge in [-0.05, 0) is 31.5 Å². The van der Waals surface area contributed by atoms with Crippen LogP contribution in [0.3, 0.4) is 0 Å². The Hall–Kier alpha value is -1.27. The van der Waals surface area contributed by atoms with E-state index >= 15 is 0 Å². The molecule has 19 heavy (non-hydrogen) atoms. The summed E-state index contributed by atoms with van der Waals surface area (Å²) in [4.78, 5) is 11.4. The van der Waals surface area contributed by atoms with Crippen LogP contribution in [-0.4, -0.2) is 17.1 Å². The minimum absolute atomic E-state index is 0.0207. The number of nitrogens with one attached hydrogen (secondary N) is 1. The number of carbonyl (C=O) groups excluding carboxylic acids is 1. The van der Waals surface area contributed by atoms with E-state index in [2.05, 4.69) is 5.32 Å². The molecule has 1 aromatic rings. The predicted molar refractivity (Wildman–Crippen MR) is 66.0 cm³/mol. The summed E-state index contributed by atoms with van der Waals surface area (Å²) in [5.74, 6) is -0.462. The summed E-state index contributed by atoms with van der Waals surface area (Å²) >= 11 is 5.45. The van der Waals surface area contributed by atoms with Crippen LogP contribution < -0.4 is 5.32 Å². The van der Waals surface area contributed by atoms with Crippen molar-refractivity contribution >= 4 is 23.2 Å². The normalized spacial score (nSPS) is 13.2. The van der Waals surface area contributed by atoms with Crippen molar-refractivity contribution in [3.05, 3.63) is 28.8 Å². The summed E-state index contributed by atoms with van der Waals surface area (Å²) in [6, 6.07) is 3.15. The van der Waals surface area contributed by atoms with E-state index in [-0.39, 0.29) is 18.5 Å². The maximum absolute atomic E-state index is 12.6. The van der Waals surface area contributed by atoms with Gasteiger partial charge in [-0.3, -0.25) is 4.79 Å². The number of hydrogen-bond donors (Lipinski definition) is 2. The average molecular weight is 296 g/mol. The smallest absolute Gasteiger partial charge is 0.393 e. The van der Waals surface area contributed by atoms with E-state index in [0.29, 0.717) is 0 Å². The first-order valence-electron chi connectivity index (χ1n) is 5.55. The molecule has 3 nitrogen and oxygen atoms in total. The van der Waals surface area contributed by atoms with Gasteiger partial charge in [-0.1, -0.05) is 11.6 Å². The standard InChI is InChI=1S/C12H13ClF3NO2/c1-7(18)2-5-11(19)17-8-3-4-10(13)9(6-8)12(14,15)16/h3-4,6-7,18H,2,5H2,1H3,(H,17,19). The lowest BCUT2D eigenvalue weighted by molar-refractivity contribution is -0.137. The van der Waals surface area contributed by atoms with Crippen molar-refractivity contribution in [1.29, 1.82) is 0 Å². The molecule has 0 heterocycles. The molecule has 0 aliphatic heterocycles. The van der Waals surface area contributed by atoms with Gasteiger partial charge in [-0.2, -0.15) is 13.2 Å². The molecule has 1 rings (SSSR count). The van der Waals surface area contributed by atoms with E-state index in [9.17, 15) is 18.0 Å². The molecule has 0 aliphatic carbocycles. The summed E-state index contributed by atoms with van der Waals surface area (Å²) in [6.45, 7) is 1.53. The minimum atomic E-state index is -4.57. The SMILES string of the molecule is CC(O)CCC(=O)Nc1ccc(Cl)c(C(F)(F)F)c1. The second kappa shape index (κ2) is 6.25. The minimum Gasteiger partial charge on any atom is -0.393 e. The fourth-order valence-corrected chi connectivity index (χ4v) is 1.61. The molecule has 1 amide bonds.